The number of rotatable bonds is 2. The number of amides is 1. The average molecular weight is 337 g/mol. The third kappa shape index (κ3) is 3.59. The van der Waals surface area contributed by atoms with Gasteiger partial charge in [0.25, 0.3) is 5.91 Å². The van der Waals surface area contributed by atoms with E-state index in [1.54, 1.807) is 11.3 Å². The molecule has 2 aliphatic rings. The van der Waals surface area contributed by atoms with Crippen LogP contribution in [0.25, 0.3) is 0 Å². The largest absolute Gasteiger partial charge is 0.379 e. The van der Waals surface area contributed by atoms with Gasteiger partial charge in [-0.3, -0.25) is 9.69 Å². The van der Waals surface area contributed by atoms with Gasteiger partial charge in [0.2, 0.25) is 0 Å². The molecule has 2 aliphatic heterocycles. The van der Waals surface area contributed by atoms with Gasteiger partial charge in [0.05, 0.1) is 18.2 Å². The summed E-state index contributed by atoms with van der Waals surface area (Å²) in [5.74, 6) is 0.581. The number of likely N-dealkylation sites (tertiary alicyclic amines) is 1. The van der Waals surface area contributed by atoms with E-state index >= 15 is 0 Å². The van der Waals surface area contributed by atoms with Crippen molar-refractivity contribution in [3.8, 4) is 0 Å². The lowest BCUT2D eigenvalue weighted by Crippen LogP contribution is -2.47. The predicted molar refractivity (Wildman–Crippen MR) is 92.1 cm³/mol. The Labute approximate surface area is 142 Å². The Morgan fingerprint density at radius 1 is 1.30 bits per heavy atom. The molecule has 6 heteroatoms. The lowest BCUT2D eigenvalue weighted by Gasteiger charge is -2.33. The maximum atomic E-state index is 12.8. The molecule has 1 aromatic rings. The highest BCUT2D eigenvalue weighted by Gasteiger charge is 2.37. The third-order valence-corrected chi connectivity index (χ3v) is 6.01. The summed E-state index contributed by atoms with van der Waals surface area (Å²) < 4.78 is 5.44. The van der Waals surface area contributed by atoms with Crippen LogP contribution >= 0.6 is 11.3 Å². The zero-order chi connectivity index (χ0) is 16.6. The van der Waals surface area contributed by atoms with Crippen molar-refractivity contribution in [2.75, 3.05) is 39.4 Å². The van der Waals surface area contributed by atoms with E-state index in [1.807, 2.05) is 10.3 Å². The molecule has 3 rings (SSSR count). The summed E-state index contributed by atoms with van der Waals surface area (Å²) in [6, 6.07) is 0.448. The maximum absolute atomic E-state index is 12.8. The van der Waals surface area contributed by atoms with Gasteiger partial charge in [0.1, 0.15) is 5.69 Å². The molecule has 128 valence electrons. The molecule has 1 aromatic heterocycles. The summed E-state index contributed by atoms with van der Waals surface area (Å²) in [5.41, 5.74) is 0.604. The Kier molecular flexibility index (Phi) is 4.76. The Morgan fingerprint density at radius 2 is 2.00 bits per heavy atom. The van der Waals surface area contributed by atoms with Crippen LogP contribution in [0.5, 0.6) is 0 Å². The van der Waals surface area contributed by atoms with Crippen LogP contribution in [0.1, 0.15) is 43.2 Å². The normalized spacial score (nSPS) is 26.7. The van der Waals surface area contributed by atoms with Crippen molar-refractivity contribution in [3.63, 3.8) is 0 Å². The number of ether oxygens (including phenoxy) is 1. The molecule has 0 aromatic carbocycles. The van der Waals surface area contributed by atoms with E-state index in [0.29, 0.717) is 17.7 Å². The minimum Gasteiger partial charge on any atom is -0.379 e. The number of hydrogen-bond acceptors (Lipinski definition) is 5. The maximum Gasteiger partial charge on any atom is 0.273 e. The standard InChI is InChI=1S/C17H27N3O2S/c1-12-9-20(10-14(12)19-5-7-22-8-6-19)15(21)13-11-23-16(18-13)17(2,3)4/h11-12,14H,5-10H2,1-4H3. The fraction of sp³-hybridized carbons (Fsp3) is 0.765. The van der Waals surface area contributed by atoms with Gasteiger partial charge in [-0.05, 0) is 5.92 Å². The SMILES string of the molecule is CC1CN(C(=O)c2csc(C(C)(C)C)n2)CC1N1CCOCC1. The van der Waals surface area contributed by atoms with Gasteiger partial charge < -0.3 is 9.64 Å². The van der Waals surface area contributed by atoms with Gasteiger partial charge in [-0.15, -0.1) is 11.3 Å². The Bertz CT molecular complexity index is 560. The van der Waals surface area contributed by atoms with E-state index in [-0.39, 0.29) is 11.3 Å². The average Bonchev–Trinajstić information content (AvgIpc) is 3.14. The zero-order valence-electron chi connectivity index (χ0n) is 14.5. The van der Waals surface area contributed by atoms with E-state index < -0.39 is 0 Å². The van der Waals surface area contributed by atoms with Crippen LogP contribution in [0.3, 0.4) is 0 Å². The Hall–Kier alpha value is -0.980. The van der Waals surface area contributed by atoms with Crippen LogP contribution in [0.2, 0.25) is 0 Å². The number of morpholine rings is 1. The van der Waals surface area contributed by atoms with Crippen molar-refractivity contribution in [2.24, 2.45) is 5.92 Å². The molecule has 2 atom stereocenters. The second kappa shape index (κ2) is 6.49. The fourth-order valence-corrected chi connectivity index (χ4v) is 4.26. The monoisotopic (exact) mass is 337 g/mol. The summed E-state index contributed by atoms with van der Waals surface area (Å²) in [5, 5.41) is 2.94. The number of aromatic nitrogens is 1. The van der Waals surface area contributed by atoms with E-state index in [1.165, 1.54) is 0 Å². The topological polar surface area (TPSA) is 45.7 Å². The fourth-order valence-electron chi connectivity index (χ4n) is 3.38. The molecule has 23 heavy (non-hydrogen) atoms. The van der Waals surface area contributed by atoms with Crippen molar-refractivity contribution < 1.29 is 9.53 Å². The first-order chi connectivity index (χ1) is 10.9. The first-order valence-corrected chi connectivity index (χ1v) is 9.31. The predicted octanol–water partition coefficient (Wildman–Crippen LogP) is 2.23. The molecule has 5 nitrogen and oxygen atoms in total. The minimum atomic E-state index is -0.00215. The van der Waals surface area contributed by atoms with Crippen LogP contribution in [-0.4, -0.2) is 66.1 Å². The van der Waals surface area contributed by atoms with Crippen molar-refractivity contribution in [1.29, 1.82) is 0 Å². The molecule has 0 N–H and O–H groups in total. The van der Waals surface area contributed by atoms with Crippen molar-refractivity contribution in [1.82, 2.24) is 14.8 Å². The highest BCUT2D eigenvalue weighted by Crippen LogP contribution is 2.28. The molecular formula is C17H27N3O2S. The number of hydrogen-bond donors (Lipinski definition) is 0. The summed E-state index contributed by atoms with van der Waals surface area (Å²) >= 11 is 1.59. The van der Waals surface area contributed by atoms with E-state index in [9.17, 15) is 4.79 Å². The van der Waals surface area contributed by atoms with Crippen LogP contribution < -0.4 is 0 Å². The van der Waals surface area contributed by atoms with Gasteiger partial charge in [-0.25, -0.2) is 4.98 Å². The summed E-state index contributed by atoms with van der Waals surface area (Å²) in [6.07, 6.45) is 0. The van der Waals surface area contributed by atoms with Crippen LogP contribution in [-0.2, 0) is 10.2 Å². The van der Waals surface area contributed by atoms with Gasteiger partial charge >= 0.3 is 0 Å². The summed E-state index contributed by atoms with van der Waals surface area (Å²) in [7, 11) is 0. The van der Waals surface area contributed by atoms with E-state index in [0.717, 1.165) is 44.4 Å². The van der Waals surface area contributed by atoms with Crippen molar-refractivity contribution in [3.05, 3.63) is 16.1 Å². The molecule has 2 fully saturated rings. The van der Waals surface area contributed by atoms with Gasteiger partial charge in [0, 0.05) is 43.0 Å². The van der Waals surface area contributed by atoms with Crippen LogP contribution in [0.15, 0.2) is 5.38 Å². The molecule has 0 spiro atoms. The third-order valence-electron chi connectivity index (χ3n) is 4.74. The van der Waals surface area contributed by atoms with Gasteiger partial charge in [-0.2, -0.15) is 0 Å². The lowest BCUT2D eigenvalue weighted by atomic mass is 9.98. The van der Waals surface area contributed by atoms with Crippen molar-refractivity contribution in [2.45, 2.75) is 39.2 Å². The number of thiazole rings is 1. The minimum absolute atomic E-state index is 0.00215. The molecule has 1 amide bonds. The highest BCUT2D eigenvalue weighted by atomic mass is 32.1. The molecule has 2 unspecified atom stereocenters. The Balaban J connectivity index is 1.67. The first kappa shape index (κ1) is 16.9. The van der Waals surface area contributed by atoms with Gasteiger partial charge in [-0.1, -0.05) is 27.7 Å². The van der Waals surface area contributed by atoms with Crippen LogP contribution in [0.4, 0.5) is 0 Å². The Morgan fingerprint density at radius 3 is 2.61 bits per heavy atom. The van der Waals surface area contributed by atoms with Gasteiger partial charge in [0.15, 0.2) is 0 Å². The van der Waals surface area contributed by atoms with E-state index in [4.69, 9.17) is 4.74 Å². The van der Waals surface area contributed by atoms with E-state index in [2.05, 4.69) is 37.6 Å². The molecule has 0 saturated carbocycles. The smallest absolute Gasteiger partial charge is 0.273 e. The number of nitrogens with zero attached hydrogens (tertiary/aromatic N) is 3. The summed E-state index contributed by atoms with van der Waals surface area (Å²) in [6.45, 7) is 13.8. The lowest BCUT2D eigenvalue weighted by molar-refractivity contribution is 0.0119. The molecule has 0 radical (unpaired) electrons. The molecule has 3 heterocycles. The second-order valence-electron chi connectivity index (χ2n) is 7.69. The molecular weight excluding hydrogens is 310 g/mol. The zero-order valence-corrected chi connectivity index (χ0v) is 15.4. The molecule has 0 bridgehead atoms. The first-order valence-electron chi connectivity index (χ1n) is 8.43. The molecule has 0 aliphatic carbocycles. The highest BCUT2D eigenvalue weighted by molar-refractivity contribution is 7.10. The number of carbonyl (C=O) groups excluding carboxylic acids is 1. The second-order valence-corrected chi connectivity index (χ2v) is 8.55. The quantitative estimate of drug-likeness (QED) is 0.830. The summed E-state index contributed by atoms with van der Waals surface area (Å²) in [4.78, 5) is 21.8. The molecule has 2 saturated heterocycles. The number of carbonyl (C=O) groups is 1. The van der Waals surface area contributed by atoms with Crippen LogP contribution in [0, 0.1) is 5.92 Å². The van der Waals surface area contributed by atoms with Crippen molar-refractivity contribution >= 4 is 17.2 Å².